The van der Waals surface area contributed by atoms with Gasteiger partial charge in [-0.15, -0.1) is 5.10 Å². The first kappa shape index (κ1) is 16.2. The van der Waals surface area contributed by atoms with Crippen molar-refractivity contribution in [2.75, 3.05) is 19.0 Å². The monoisotopic (exact) mass is 322 g/mol. The number of rotatable bonds is 7. The quantitative estimate of drug-likeness (QED) is 0.597. The number of aromatic amines is 1. The highest BCUT2D eigenvalue weighted by atomic mass is 32.2. The van der Waals surface area contributed by atoms with Crippen LogP contribution in [0.25, 0.3) is 6.08 Å². The molecule has 0 aliphatic rings. The number of carboxylic acids is 1. The van der Waals surface area contributed by atoms with E-state index < -0.39 is 5.97 Å². The predicted octanol–water partition coefficient (Wildman–Crippen LogP) is 2.63. The maximum Gasteiger partial charge on any atom is 0.342 e. The molecule has 0 saturated heterocycles. The van der Waals surface area contributed by atoms with Gasteiger partial charge in [0.25, 0.3) is 0 Å². The summed E-state index contributed by atoms with van der Waals surface area (Å²) in [4.78, 5) is 17.5. The van der Waals surface area contributed by atoms with E-state index in [0.717, 1.165) is 30.4 Å². The average molecular weight is 322 g/mol. The maximum atomic E-state index is 11.4. The molecule has 2 aromatic rings. The van der Waals surface area contributed by atoms with Crippen molar-refractivity contribution >= 4 is 29.7 Å². The number of H-pyrrole nitrogens is 1. The summed E-state index contributed by atoms with van der Waals surface area (Å²) in [5, 5.41) is 16.5. The third-order valence-corrected chi connectivity index (χ3v) is 3.61. The Balaban J connectivity index is 2.17. The number of aromatic nitrogens is 3. The molecule has 0 radical (unpaired) electrons. The average Bonchev–Trinajstić information content (AvgIpc) is 3.08. The second-order valence-corrected chi connectivity index (χ2v) is 5.81. The summed E-state index contributed by atoms with van der Waals surface area (Å²) >= 11 is 0.990. The maximum absolute atomic E-state index is 11.4. The summed E-state index contributed by atoms with van der Waals surface area (Å²) in [7, 11) is 3.70. The molecular formula is C14H18N4O3S. The number of carboxylic acid groups (broad SMARTS) is 1. The normalized spacial score (nSPS) is 11.7. The summed E-state index contributed by atoms with van der Waals surface area (Å²) in [5.74, 6) is 0.833. The first-order valence-corrected chi connectivity index (χ1v) is 7.62. The molecule has 0 bridgehead atoms. The summed E-state index contributed by atoms with van der Waals surface area (Å²) in [6.07, 6.45) is 3.19. The minimum atomic E-state index is -1.05. The fourth-order valence-corrected chi connectivity index (χ4v) is 2.40. The molecule has 0 atom stereocenters. The van der Waals surface area contributed by atoms with E-state index in [2.05, 4.69) is 15.2 Å². The highest BCUT2D eigenvalue weighted by Gasteiger charge is 2.14. The van der Waals surface area contributed by atoms with Crippen LogP contribution in [0.5, 0.6) is 0 Å². The van der Waals surface area contributed by atoms with Crippen molar-refractivity contribution in [3.05, 3.63) is 28.6 Å². The van der Waals surface area contributed by atoms with Crippen molar-refractivity contribution in [2.45, 2.75) is 24.9 Å². The molecule has 7 nitrogen and oxygen atoms in total. The van der Waals surface area contributed by atoms with Gasteiger partial charge in [-0.3, -0.25) is 5.10 Å². The third-order valence-electron chi connectivity index (χ3n) is 2.74. The molecule has 2 heterocycles. The summed E-state index contributed by atoms with van der Waals surface area (Å²) in [6.45, 7) is 2.04. The number of furan rings is 1. The molecule has 22 heavy (non-hydrogen) atoms. The Bertz CT molecular complexity index is 675. The number of hydrogen-bond donors (Lipinski definition) is 2. The highest BCUT2D eigenvalue weighted by molar-refractivity contribution is 8.04. The smallest absolute Gasteiger partial charge is 0.342 e. The van der Waals surface area contributed by atoms with E-state index in [0.29, 0.717) is 16.8 Å². The van der Waals surface area contributed by atoms with Crippen molar-refractivity contribution in [1.29, 1.82) is 0 Å². The van der Waals surface area contributed by atoms with Gasteiger partial charge in [0.1, 0.15) is 16.5 Å². The Hall–Kier alpha value is -2.22. The van der Waals surface area contributed by atoms with Crippen molar-refractivity contribution in [3.63, 3.8) is 0 Å². The summed E-state index contributed by atoms with van der Waals surface area (Å²) in [6, 6.07) is 3.50. The summed E-state index contributed by atoms with van der Waals surface area (Å²) in [5.41, 5.74) is 0. The Labute approximate surface area is 132 Å². The number of nitrogens with one attached hydrogen (secondary N) is 1. The molecule has 0 unspecified atom stereocenters. The van der Waals surface area contributed by atoms with Gasteiger partial charge in [0.2, 0.25) is 5.16 Å². The molecule has 2 rings (SSSR count). The number of nitrogens with zero attached hydrogens (tertiary/aromatic N) is 3. The van der Waals surface area contributed by atoms with Crippen molar-refractivity contribution < 1.29 is 14.3 Å². The van der Waals surface area contributed by atoms with Gasteiger partial charge in [-0.1, -0.05) is 6.92 Å². The third kappa shape index (κ3) is 4.14. The molecule has 0 aromatic carbocycles. The second kappa shape index (κ2) is 7.17. The number of aliphatic carboxylic acids is 1. The molecule has 2 aromatic heterocycles. The lowest BCUT2D eigenvalue weighted by Crippen LogP contribution is -2.06. The molecule has 8 heteroatoms. The molecule has 0 amide bonds. The van der Waals surface area contributed by atoms with Gasteiger partial charge in [-0.25, -0.2) is 9.78 Å². The molecule has 0 fully saturated rings. The van der Waals surface area contributed by atoms with Crippen LogP contribution in [0.3, 0.4) is 0 Å². The first-order chi connectivity index (χ1) is 10.5. The van der Waals surface area contributed by atoms with Crippen LogP contribution < -0.4 is 4.90 Å². The van der Waals surface area contributed by atoms with Crippen LogP contribution in [-0.4, -0.2) is 40.4 Å². The Kier molecular flexibility index (Phi) is 5.26. The SMILES string of the molecule is CCCc1nc(S/C(=C\c2ccc(N(C)C)o2)C(=O)O)n[nH]1. The van der Waals surface area contributed by atoms with E-state index in [9.17, 15) is 9.90 Å². The highest BCUT2D eigenvalue weighted by Crippen LogP contribution is 2.27. The molecule has 118 valence electrons. The summed E-state index contributed by atoms with van der Waals surface area (Å²) < 4.78 is 5.53. The molecule has 0 aliphatic heterocycles. The van der Waals surface area contributed by atoms with Gasteiger partial charge in [-0.2, -0.15) is 0 Å². The number of hydrogen-bond acceptors (Lipinski definition) is 6. The lowest BCUT2D eigenvalue weighted by molar-refractivity contribution is -0.131. The lowest BCUT2D eigenvalue weighted by Gasteiger charge is -2.06. The fraction of sp³-hybridized carbons (Fsp3) is 0.357. The Morgan fingerprint density at radius 3 is 2.86 bits per heavy atom. The van der Waals surface area contributed by atoms with Gasteiger partial charge in [0.05, 0.1) is 0 Å². The van der Waals surface area contributed by atoms with E-state index in [-0.39, 0.29) is 4.91 Å². The van der Waals surface area contributed by atoms with E-state index in [1.54, 1.807) is 17.0 Å². The van der Waals surface area contributed by atoms with E-state index in [1.807, 2.05) is 21.0 Å². The molecule has 2 N–H and O–H groups in total. The second-order valence-electron chi connectivity index (χ2n) is 4.80. The number of aryl methyl sites for hydroxylation is 1. The predicted molar refractivity (Wildman–Crippen MR) is 84.9 cm³/mol. The molecular weight excluding hydrogens is 304 g/mol. The van der Waals surface area contributed by atoms with Gasteiger partial charge >= 0.3 is 5.97 Å². The van der Waals surface area contributed by atoms with Crippen LogP contribution in [-0.2, 0) is 11.2 Å². The number of thioether (sulfide) groups is 1. The van der Waals surface area contributed by atoms with Gasteiger partial charge in [-0.05, 0) is 24.2 Å². The topological polar surface area (TPSA) is 95.2 Å². The molecule has 0 aliphatic carbocycles. The lowest BCUT2D eigenvalue weighted by atomic mass is 10.3. The van der Waals surface area contributed by atoms with Gasteiger partial charge in [0, 0.05) is 32.7 Å². The molecule has 0 saturated carbocycles. The van der Waals surface area contributed by atoms with Crippen molar-refractivity contribution in [1.82, 2.24) is 15.2 Å². The van der Waals surface area contributed by atoms with Gasteiger partial charge < -0.3 is 14.4 Å². The minimum absolute atomic E-state index is 0.0988. The van der Waals surface area contributed by atoms with Crippen molar-refractivity contribution in [2.24, 2.45) is 0 Å². The fourth-order valence-electron chi connectivity index (χ4n) is 1.69. The van der Waals surface area contributed by atoms with Crippen LogP contribution in [0.4, 0.5) is 5.88 Å². The Morgan fingerprint density at radius 2 is 2.27 bits per heavy atom. The minimum Gasteiger partial charge on any atom is -0.477 e. The zero-order chi connectivity index (χ0) is 16.1. The van der Waals surface area contributed by atoms with E-state index in [4.69, 9.17) is 4.42 Å². The Morgan fingerprint density at radius 1 is 1.50 bits per heavy atom. The van der Waals surface area contributed by atoms with E-state index >= 15 is 0 Å². The zero-order valence-electron chi connectivity index (χ0n) is 12.7. The number of anilines is 1. The first-order valence-electron chi connectivity index (χ1n) is 6.81. The van der Waals surface area contributed by atoms with Crippen LogP contribution in [0.15, 0.2) is 26.6 Å². The van der Waals surface area contributed by atoms with Gasteiger partial charge in [0.15, 0.2) is 5.88 Å². The molecule has 0 spiro atoms. The zero-order valence-corrected chi connectivity index (χ0v) is 13.5. The van der Waals surface area contributed by atoms with Crippen LogP contribution in [0, 0.1) is 0 Å². The van der Waals surface area contributed by atoms with Crippen LogP contribution >= 0.6 is 11.8 Å². The van der Waals surface area contributed by atoms with Crippen LogP contribution in [0.1, 0.15) is 24.9 Å². The van der Waals surface area contributed by atoms with Crippen LogP contribution in [0.2, 0.25) is 0 Å². The van der Waals surface area contributed by atoms with E-state index in [1.165, 1.54) is 6.08 Å². The largest absolute Gasteiger partial charge is 0.477 e. The standard InChI is InChI=1S/C14H18N4O3S/c1-4-5-11-15-14(17-16-11)22-10(13(19)20)8-9-6-7-12(21-9)18(2)3/h6-8H,4-5H2,1-3H3,(H,19,20)(H,15,16,17)/b10-8-. The van der Waals surface area contributed by atoms with Crippen molar-refractivity contribution in [3.8, 4) is 0 Å². The number of carbonyl (C=O) groups is 1.